The highest BCUT2D eigenvalue weighted by molar-refractivity contribution is 5.84. The number of fused-ring (bicyclic) bond motifs is 1. The molecule has 1 amide bonds. The predicted octanol–water partition coefficient (Wildman–Crippen LogP) is 2.67. The fraction of sp³-hybridized carbons (Fsp3) is 0.588. The number of amides is 1. The van der Waals surface area contributed by atoms with E-state index in [1.165, 1.54) is 5.56 Å². The van der Waals surface area contributed by atoms with Gasteiger partial charge in [-0.25, -0.2) is 0 Å². The summed E-state index contributed by atoms with van der Waals surface area (Å²) in [5.41, 5.74) is 2.53. The summed E-state index contributed by atoms with van der Waals surface area (Å²) in [6.07, 6.45) is 0.997. The second kappa shape index (κ2) is 5.96. The van der Waals surface area contributed by atoms with Gasteiger partial charge in [-0.1, -0.05) is 52.0 Å². The Bertz CT molecular complexity index is 480. The fourth-order valence-corrected chi connectivity index (χ4v) is 2.36. The first-order chi connectivity index (χ1) is 9.42. The van der Waals surface area contributed by atoms with Crippen molar-refractivity contribution in [1.29, 1.82) is 0 Å². The number of benzene rings is 1. The van der Waals surface area contributed by atoms with E-state index in [-0.39, 0.29) is 17.4 Å². The smallest absolute Gasteiger partial charge is 0.241 e. The summed E-state index contributed by atoms with van der Waals surface area (Å²) in [7, 11) is 0. The Labute approximate surface area is 122 Å². The summed E-state index contributed by atoms with van der Waals surface area (Å²) in [6, 6.07) is 8.02. The van der Waals surface area contributed by atoms with Crippen molar-refractivity contribution in [1.82, 2.24) is 10.6 Å². The van der Waals surface area contributed by atoms with Crippen molar-refractivity contribution in [2.24, 2.45) is 11.3 Å². The quantitative estimate of drug-likeness (QED) is 0.886. The molecule has 1 aliphatic rings. The van der Waals surface area contributed by atoms with E-state index in [1.807, 2.05) is 12.1 Å². The molecule has 0 saturated heterocycles. The van der Waals surface area contributed by atoms with Crippen LogP contribution in [0.2, 0.25) is 0 Å². The van der Waals surface area contributed by atoms with Crippen molar-refractivity contribution in [3.63, 3.8) is 0 Å². The lowest BCUT2D eigenvalue weighted by Gasteiger charge is -2.31. The number of carbonyl (C=O) groups excluding carboxylic acids is 1. The van der Waals surface area contributed by atoms with Crippen molar-refractivity contribution < 1.29 is 4.79 Å². The van der Waals surface area contributed by atoms with Crippen LogP contribution in [0.5, 0.6) is 0 Å². The Balaban J connectivity index is 2.04. The molecule has 2 rings (SSSR count). The minimum Gasteiger partial charge on any atom is -0.354 e. The van der Waals surface area contributed by atoms with E-state index in [2.05, 4.69) is 50.5 Å². The van der Waals surface area contributed by atoms with Crippen molar-refractivity contribution in [3.05, 3.63) is 35.4 Å². The van der Waals surface area contributed by atoms with Crippen LogP contribution in [0.4, 0.5) is 0 Å². The molecule has 0 saturated carbocycles. The molecule has 0 fully saturated rings. The highest BCUT2D eigenvalue weighted by Gasteiger charge is 2.28. The van der Waals surface area contributed by atoms with Crippen molar-refractivity contribution in [3.8, 4) is 0 Å². The van der Waals surface area contributed by atoms with Gasteiger partial charge in [0.25, 0.3) is 0 Å². The second-order valence-corrected chi connectivity index (χ2v) is 6.70. The molecular weight excluding hydrogens is 248 g/mol. The summed E-state index contributed by atoms with van der Waals surface area (Å²) >= 11 is 0. The fourth-order valence-electron chi connectivity index (χ4n) is 2.36. The molecular formula is C17H26N2O. The van der Waals surface area contributed by atoms with Crippen LogP contribution in [0.1, 0.15) is 44.9 Å². The Hall–Kier alpha value is -1.35. The van der Waals surface area contributed by atoms with Crippen LogP contribution in [0.15, 0.2) is 24.3 Å². The molecule has 0 bridgehead atoms. The third-order valence-corrected chi connectivity index (χ3v) is 4.65. The van der Waals surface area contributed by atoms with Gasteiger partial charge >= 0.3 is 0 Å². The van der Waals surface area contributed by atoms with Gasteiger partial charge in [-0.3, -0.25) is 4.79 Å². The van der Waals surface area contributed by atoms with Gasteiger partial charge in [0, 0.05) is 13.1 Å². The highest BCUT2D eigenvalue weighted by Crippen LogP contribution is 2.26. The predicted molar refractivity (Wildman–Crippen MR) is 82.5 cm³/mol. The average molecular weight is 274 g/mol. The zero-order chi connectivity index (χ0) is 14.8. The highest BCUT2D eigenvalue weighted by atomic mass is 16.2. The van der Waals surface area contributed by atoms with Gasteiger partial charge in [-0.05, 0) is 28.9 Å². The lowest BCUT2D eigenvalue weighted by molar-refractivity contribution is -0.124. The van der Waals surface area contributed by atoms with Gasteiger partial charge in [-0.2, -0.15) is 0 Å². The van der Waals surface area contributed by atoms with Crippen LogP contribution in [-0.4, -0.2) is 19.0 Å². The van der Waals surface area contributed by atoms with E-state index in [9.17, 15) is 4.79 Å². The number of hydrogen-bond acceptors (Lipinski definition) is 2. The van der Waals surface area contributed by atoms with Crippen molar-refractivity contribution >= 4 is 5.91 Å². The van der Waals surface area contributed by atoms with E-state index >= 15 is 0 Å². The molecule has 0 radical (unpaired) electrons. The van der Waals surface area contributed by atoms with Crippen LogP contribution in [0.3, 0.4) is 0 Å². The van der Waals surface area contributed by atoms with Gasteiger partial charge in [0.1, 0.15) is 6.04 Å². The molecule has 3 nitrogen and oxygen atoms in total. The third kappa shape index (κ3) is 3.21. The summed E-state index contributed by atoms with van der Waals surface area (Å²) < 4.78 is 0. The van der Waals surface area contributed by atoms with Crippen LogP contribution >= 0.6 is 0 Å². The minimum absolute atomic E-state index is 0.0888. The first kappa shape index (κ1) is 15.0. The Morgan fingerprint density at radius 3 is 2.80 bits per heavy atom. The molecule has 110 valence electrons. The maximum absolute atomic E-state index is 12.5. The van der Waals surface area contributed by atoms with Crippen LogP contribution < -0.4 is 10.6 Å². The molecule has 0 aliphatic carbocycles. The SMILES string of the molecule is CC(C)C(C)(C)CNC(=O)C1NCCc2ccccc21. The van der Waals surface area contributed by atoms with Crippen molar-refractivity contribution in [2.75, 3.05) is 13.1 Å². The molecule has 1 heterocycles. The minimum atomic E-state index is -0.206. The number of hydrogen-bond donors (Lipinski definition) is 2. The summed E-state index contributed by atoms with van der Waals surface area (Å²) in [5, 5.41) is 6.44. The monoisotopic (exact) mass is 274 g/mol. The zero-order valence-corrected chi connectivity index (χ0v) is 13.0. The van der Waals surface area contributed by atoms with Gasteiger partial charge in [-0.15, -0.1) is 0 Å². The maximum Gasteiger partial charge on any atom is 0.241 e. The second-order valence-electron chi connectivity index (χ2n) is 6.70. The van der Waals surface area contributed by atoms with E-state index in [4.69, 9.17) is 0 Å². The van der Waals surface area contributed by atoms with Crippen LogP contribution in [0, 0.1) is 11.3 Å². The van der Waals surface area contributed by atoms with Crippen LogP contribution in [-0.2, 0) is 11.2 Å². The molecule has 0 spiro atoms. The molecule has 1 aromatic carbocycles. The standard InChI is InChI=1S/C17H26N2O/c1-12(2)17(3,4)11-19-16(20)15-14-8-6-5-7-13(14)9-10-18-15/h5-8,12,15,18H,9-11H2,1-4H3,(H,19,20). The Morgan fingerprint density at radius 2 is 2.10 bits per heavy atom. The van der Waals surface area contributed by atoms with Gasteiger partial charge in [0.2, 0.25) is 5.91 Å². The largest absolute Gasteiger partial charge is 0.354 e. The molecule has 1 unspecified atom stereocenters. The summed E-state index contributed by atoms with van der Waals surface area (Å²) in [6.45, 7) is 10.4. The zero-order valence-electron chi connectivity index (χ0n) is 13.0. The normalized spacial score (nSPS) is 18.8. The molecule has 0 aromatic heterocycles. The molecule has 1 aromatic rings. The molecule has 1 atom stereocenters. The van der Waals surface area contributed by atoms with E-state index in [1.54, 1.807) is 0 Å². The maximum atomic E-state index is 12.5. The van der Waals surface area contributed by atoms with E-state index < -0.39 is 0 Å². The van der Waals surface area contributed by atoms with Gasteiger partial charge < -0.3 is 10.6 Å². The van der Waals surface area contributed by atoms with Crippen LogP contribution in [0.25, 0.3) is 0 Å². The molecule has 20 heavy (non-hydrogen) atoms. The molecule has 3 heteroatoms. The lowest BCUT2D eigenvalue weighted by atomic mass is 9.81. The topological polar surface area (TPSA) is 41.1 Å². The van der Waals surface area contributed by atoms with E-state index in [0.717, 1.165) is 18.5 Å². The van der Waals surface area contributed by atoms with Crippen molar-refractivity contribution in [2.45, 2.75) is 40.2 Å². The van der Waals surface area contributed by atoms with Gasteiger partial charge in [0.15, 0.2) is 0 Å². The molecule has 1 aliphatic heterocycles. The number of nitrogens with one attached hydrogen (secondary N) is 2. The lowest BCUT2D eigenvalue weighted by Crippen LogP contribution is -2.45. The van der Waals surface area contributed by atoms with Gasteiger partial charge in [0.05, 0.1) is 0 Å². The first-order valence-corrected chi connectivity index (χ1v) is 7.51. The number of rotatable bonds is 4. The third-order valence-electron chi connectivity index (χ3n) is 4.65. The summed E-state index contributed by atoms with van der Waals surface area (Å²) in [4.78, 5) is 12.5. The average Bonchev–Trinajstić information content (AvgIpc) is 2.44. The Morgan fingerprint density at radius 1 is 1.40 bits per heavy atom. The van der Waals surface area contributed by atoms with E-state index in [0.29, 0.717) is 12.5 Å². The summed E-state index contributed by atoms with van der Waals surface area (Å²) in [5.74, 6) is 0.625. The Kier molecular flexibility index (Phi) is 4.48. The molecule has 2 N–H and O–H groups in total. The first-order valence-electron chi connectivity index (χ1n) is 7.51. The number of carbonyl (C=O) groups is 1.